The maximum absolute atomic E-state index is 12.0. The smallest absolute Gasteiger partial charge is 0.335 e. The molecule has 8 rings (SSSR count). The van der Waals surface area contributed by atoms with Crippen LogP contribution in [0.5, 0.6) is 17.2 Å². The molecule has 2 saturated heterocycles. The maximum atomic E-state index is 12.0. The van der Waals surface area contributed by atoms with Crippen LogP contribution in [0, 0.1) is 0 Å². The van der Waals surface area contributed by atoms with Crippen molar-refractivity contribution in [3.05, 3.63) is 70.8 Å². The Morgan fingerprint density at radius 1 is 1.13 bits per heavy atom. The van der Waals surface area contributed by atoms with Crippen molar-refractivity contribution in [3.63, 3.8) is 0 Å². The predicted octanol–water partition coefficient (Wildman–Crippen LogP) is 5.47. The number of piperazine rings is 1. The lowest BCUT2D eigenvalue weighted by atomic mass is 9.81. The van der Waals surface area contributed by atoms with E-state index in [0.29, 0.717) is 52.9 Å². The van der Waals surface area contributed by atoms with Gasteiger partial charge in [-0.1, -0.05) is 17.7 Å². The van der Waals surface area contributed by atoms with E-state index in [-0.39, 0.29) is 11.7 Å². The van der Waals surface area contributed by atoms with E-state index in [9.17, 15) is 9.90 Å². The number of benzene rings is 2. The molecular weight excluding hydrogens is 610 g/mol. The highest BCUT2D eigenvalue weighted by molar-refractivity contribution is 6.30. The summed E-state index contributed by atoms with van der Waals surface area (Å²) in [5.41, 5.74) is 3.31. The third-order valence-electron chi connectivity index (χ3n) is 9.88. The average Bonchev–Trinajstić information content (AvgIpc) is 3.76. The van der Waals surface area contributed by atoms with Gasteiger partial charge in [0.25, 0.3) is 5.79 Å². The molecule has 11 nitrogen and oxygen atoms in total. The number of halogens is 1. The van der Waals surface area contributed by atoms with Crippen molar-refractivity contribution in [2.75, 3.05) is 31.7 Å². The first-order valence-corrected chi connectivity index (χ1v) is 16.2. The molecule has 0 radical (unpaired) electrons. The molecule has 1 saturated carbocycles. The molecule has 3 aliphatic heterocycles. The summed E-state index contributed by atoms with van der Waals surface area (Å²) in [7, 11) is 1.56. The molecule has 4 aliphatic rings. The fourth-order valence-electron chi connectivity index (χ4n) is 7.42. The Balaban J connectivity index is 1.07. The van der Waals surface area contributed by atoms with Crippen LogP contribution in [0.25, 0.3) is 11.0 Å². The lowest BCUT2D eigenvalue weighted by Gasteiger charge is -2.54. The summed E-state index contributed by atoms with van der Waals surface area (Å²) < 4.78 is 26.6. The van der Waals surface area contributed by atoms with Gasteiger partial charge in [0.1, 0.15) is 22.8 Å². The highest BCUT2D eigenvalue weighted by Crippen LogP contribution is 2.51. The van der Waals surface area contributed by atoms with Crippen LogP contribution in [0.2, 0.25) is 5.02 Å². The molecule has 12 heteroatoms. The van der Waals surface area contributed by atoms with Crippen molar-refractivity contribution < 1.29 is 28.8 Å². The van der Waals surface area contributed by atoms with E-state index >= 15 is 0 Å². The van der Waals surface area contributed by atoms with E-state index in [1.165, 1.54) is 0 Å². The van der Waals surface area contributed by atoms with Crippen LogP contribution in [0.3, 0.4) is 0 Å². The number of carboxylic acid groups (broad SMARTS) is 1. The fourth-order valence-corrected chi connectivity index (χ4v) is 7.53. The Morgan fingerprint density at radius 3 is 2.72 bits per heavy atom. The van der Waals surface area contributed by atoms with Gasteiger partial charge in [0.15, 0.2) is 11.5 Å². The van der Waals surface area contributed by atoms with Gasteiger partial charge in [-0.3, -0.25) is 9.88 Å². The number of ether oxygens (including phenoxy) is 4. The van der Waals surface area contributed by atoms with Crippen LogP contribution in [-0.4, -0.2) is 75.5 Å². The molecule has 0 spiro atoms. The number of hydrogen-bond donors (Lipinski definition) is 1. The van der Waals surface area contributed by atoms with E-state index in [0.717, 1.165) is 68.2 Å². The number of hydrogen-bond acceptors (Lipinski definition) is 9. The van der Waals surface area contributed by atoms with Crippen LogP contribution in [0.1, 0.15) is 54.5 Å². The zero-order chi connectivity index (χ0) is 31.6. The Labute approximate surface area is 271 Å². The lowest BCUT2D eigenvalue weighted by Crippen LogP contribution is -2.64. The van der Waals surface area contributed by atoms with Gasteiger partial charge < -0.3 is 33.5 Å². The molecule has 1 aliphatic carbocycles. The third-order valence-corrected chi connectivity index (χ3v) is 10.1. The first kappa shape index (κ1) is 29.3. The van der Waals surface area contributed by atoms with Gasteiger partial charge >= 0.3 is 5.97 Å². The summed E-state index contributed by atoms with van der Waals surface area (Å²) in [6, 6.07) is 13.6. The maximum Gasteiger partial charge on any atom is 0.335 e. The highest BCUT2D eigenvalue weighted by Gasteiger charge is 2.47. The predicted molar refractivity (Wildman–Crippen MR) is 171 cm³/mol. The molecule has 0 unspecified atom stereocenters. The monoisotopic (exact) mass is 645 g/mol. The van der Waals surface area contributed by atoms with Gasteiger partial charge in [0.05, 0.1) is 48.1 Å². The van der Waals surface area contributed by atoms with Crippen molar-refractivity contribution in [2.24, 2.45) is 0 Å². The molecule has 4 aromatic rings. The summed E-state index contributed by atoms with van der Waals surface area (Å²) in [5, 5.41) is 10.4. The Bertz CT molecular complexity index is 1810. The quantitative estimate of drug-likeness (QED) is 0.265. The van der Waals surface area contributed by atoms with Crippen molar-refractivity contribution in [1.82, 2.24) is 19.4 Å². The number of aromatic nitrogens is 3. The van der Waals surface area contributed by atoms with Crippen LogP contribution in [0.15, 0.2) is 48.7 Å². The molecule has 0 amide bonds. The Hall–Kier alpha value is -4.06. The number of para-hydroxylation sites is 1. The minimum absolute atomic E-state index is 0.0695. The highest BCUT2D eigenvalue weighted by atomic mass is 35.5. The number of anilines is 1. The topological polar surface area (TPSA) is 111 Å². The SMILES string of the molecule is COc1cc(C(=O)O)cc2c1nc(CN1CCN(c3cccc4c3O[C@@](C)(c3ccc(Cl)cn3)O4)[C@@H]3CC[C@H]31)n2C[C@@H]1CCCO1. The Kier molecular flexibility index (Phi) is 7.23. The van der Waals surface area contributed by atoms with E-state index in [4.69, 9.17) is 35.5 Å². The molecule has 0 bridgehead atoms. The second-order valence-corrected chi connectivity index (χ2v) is 13.1. The Morgan fingerprint density at radius 2 is 2.00 bits per heavy atom. The summed E-state index contributed by atoms with van der Waals surface area (Å²) in [6.07, 6.45) is 5.82. The standard InChI is InChI=1S/C34H36ClN5O6/c1-34(29-11-8-21(35)17-36-29)45-27-7-3-6-25(32(27)46-34)39-13-12-38(23-9-10-24(23)39)19-30-37-31-26(40(30)18-22-5-4-14-44-22)15-20(33(41)42)16-28(31)43-2/h3,6-8,11,15-17,22-24H,4-5,9-10,12-14,18-19H2,1-2H3,(H,41,42)/t22-,23+,24+,34-/m0/s1. The molecular formula is C34H36ClN5O6. The molecule has 2 aromatic carbocycles. The summed E-state index contributed by atoms with van der Waals surface area (Å²) in [5.74, 6) is 0.760. The minimum Gasteiger partial charge on any atom is -0.494 e. The number of carboxylic acids is 1. The summed E-state index contributed by atoms with van der Waals surface area (Å²) >= 11 is 6.08. The van der Waals surface area contributed by atoms with Gasteiger partial charge in [-0.25, -0.2) is 9.78 Å². The summed E-state index contributed by atoms with van der Waals surface area (Å²) in [6.45, 7) is 5.55. The first-order chi connectivity index (χ1) is 22.3. The fraction of sp³-hybridized carbons (Fsp3) is 0.441. The normalized spacial score (nSPS) is 25.5. The molecule has 4 atom stereocenters. The van der Waals surface area contributed by atoms with E-state index < -0.39 is 11.8 Å². The van der Waals surface area contributed by atoms with Crippen molar-refractivity contribution in [1.29, 1.82) is 0 Å². The number of fused-ring (bicyclic) bond motifs is 3. The largest absolute Gasteiger partial charge is 0.494 e. The van der Waals surface area contributed by atoms with Crippen LogP contribution in [-0.2, 0) is 23.6 Å². The molecule has 2 aromatic heterocycles. The molecule has 5 heterocycles. The molecule has 46 heavy (non-hydrogen) atoms. The molecule has 3 fully saturated rings. The number of pyridine rings is 1. The van der Waals surface area contributed by atoms with Crippen LogP contribution >= 0.6 is 11.6 Å². The van der Waals surface area contributed by atoms with Crippen molar-refractivity contribution >= 4 is 34.3 Å². The van der Waals surface area contributed by atoms with Gasteiger partial charge in [-0.15, -0.1) is 0 Å². The minimum atomic E-state index is -1.05. The second-order valence-electron chi connectivity index (χ2n) is 12.6. The van der Waals surface area contributed by atoms with Crippen molar-refractivity contribution in [3.8, 4) is 17.2 Å². The number of nitrogens with zero attached hydrogens (tertiary/aromatic N) is 5. The first-order valence-electron chi connectivity index (χ1n) is 15.9. The zero-order valence-electron chi connectivity index (χ0n) is 25.8. The van der Waals surface area contributed by atoms with Crippen LogP contribution in [0.4, 0.5) is 5.69 Å². The summed E-state index contributed by atoms with van der Waals surface area (Å²) in [4.78, 5) is 26.5. The lowest BCUT2D eigenvalue weighted by molar-refractivity contribution is -0.0717. The van der Waals surface area contributed by atoms with Crippen molar-refractivity contribution in [2.45, 2.75) is 69.7 Å². The molecule has 1 N–H and O–H groups in total. The number of methoxy groups -OCH3 is 1. The number of carbonyl (C=O) groups is 1. The van der Waals surface area contributed by atoms with Gasteiger partial charge in [-0.2, -0.15) is 0 Å². The van der Waals surface area contributed by atoms with Gasteiger partial charge in [0.2, 0.25) is 0 Å². The second kappa shape index (κ2) is 11.3. The van der Waals surface area contributed by atoms with Gasteiger partial charge in [0, 0.05) is 44.9 Å². The zero-order valence-corrected chi connectivity index (χ0v) is 26.6. The third kappa shape index (κ3) is 4.92. The molecule has 240 valence electrons. The van der Waals surface area contributed by atoms with E-state index in [2.05, 4.69) is 25.4 Å². The number of rotatable bonds is 8. The van der Waals surface area contributed by atoms with Crippen LogP contribution < -0.4 is 19.1 Å². The van der Waals surface area contributed by atoms with E-state index in [1.807, 2.05) is 25.1 Å². The average molecular weight is 646 g/mol. The van der Waals surface area contributed by atoms with E-state index in [1.54, 1.807) is 31.5 Å². The number of imidazole rings is 1. The van der Waals surface area contributed by atoms with Gasteiger partial charge in [-0.05, 0) is 62.1 Å². The number of aromatic carboxylic acids is 1.